The van der Waals surface area contributed by atoms with Crippen LogP contribution in [0.4, 0.5) is 0 Å². The number of rotatable bonds is 2. The van der Waals surface area contributed by atoms with Crippen LogP contribution in [0.2, 0.25) is 0 Å². The molecule has 2 aromatic carbocycles. The van der Waals surface area contributed by atoms with E-state index < -0.39 is 0 Å². The fourth-order valence-electron chi connectivity index (χ4n) is 4.25. The zero-order chi connectivity index (χ0) is 18.4. The molecule has 0 bridgehead atoms. The Kier molecular flexibility index (Phi) is 3.81. The molecule has 5 rings (SSSR count). The minimum Gasteiger partial charge on any atom is -0.497 e. The highest BCUT2D eigenvalue weighted by atomic mass is 16.5. The second kappa shape index (κ2) is 6.34. The van der Waals surface area contributed by atoms with Crippen LogP contribution < -0.4 is 9.47 Å². The van der Waals surface area contributed by atoms with Gasteiger partial charge < -0.3 is 19.4 Å². The lowest BCUT2D eigenvalue weighted by Gasteiger charge is -2.32. The molecule has 3 aromatic rings. The lowest BCUT2D eigenvalue weighted by Crippen LogP contribution is -2.43. The van der Waals surface area contributed by atoms with Crippen LogP contribution in [0.25, 0.3) is 10.9 Å². The highest BCUT2D eigenvalue weighted by molar-refractivity contribution is 5.87. The van der Waals surface area contributed by atoms with Crippen LogP contribution in [0.3, 0.4) is 0 Å². The van der Waals surface area contributed by atoms with Crippen molar-refractivity contribution in [2.24, 2.45) is 5.92 Å². The van der Waals surface area contributed by atoms with E-state index in [1.807, 2.05) is 35.2 Å². The standard InChI is InChI=1S/C22H22N2O3/c1-26-16-6-7-19-17(11-16)18-12-24(9-8-20(18)23-19)22(25)15-10-14-4-2-3-5-21(14)27-13-15/h2-7,11,15,23H,8-10,12-13H2,1H3/t15-/m1/s1. The summed E-state index contributed by atoms with van der Waals surface area (Å²) in [5.74, 6) is 1.82. The fraction of sp³-hybridized carbons (Fsp3) is 0.318. The monoisotopic (exact) mass is 362 g/mol. The summed E-state index contributed by atoms with van der Waals surface area (Å²) < 4.78 is 11.2. The molecule has 5 heteroatoms. The number of ether oxygens (including phenoxy) is 2. The van der Waals surface area contributed by atoms with Gasteiger partial charge in [-0.15, -0.1) is 0 Å². The van der Waals surface area contributed by atoms with Gasteiger partial charge in [0.2, 0.25) is 5.91 Å². The molecule has 138 valence electrons. The Morgan fingerprint density at radius 1 is 1.26 bits per heavy atom. The number of nitrogens with one attached hydrogen (secondary N) is 1. The van der Waals surface area contributed by atoms with Gasteiger partial charge in [0.25, 0.3) is 0 Å². The summed E-state index contributed by atoms with van der Waals surface area (Å²) in [5, 5.41) is 1.15. The lowest BCUT2D eigenvalue weighted by molar-refractivity contribution is -0.137. The number of aromatic amines is 1. The molecule has 2 aliphatic rings. The summed E-state index contributed by atoms with van der Waals surface area (Å²) in [5.41, 5.74) is 4.66. The normalized spacial score (nSPS) is 18.6. The third-order valence-electron chi connectivity index (χ3n) is 5.72. The van der Waals surface area contributed by atoms with Gasteiger partial charge in [0.15, 0.2) is 0 Å². The number of carbonyl (C=O) groups is 1. The molecular weight excluding hydrogens is 340 g/mol. The van der Waals surface area contributed by atoms with E-state index in [1.54, 1.807) is 7.11 Å². The molecule has 0 aliphatic carbocycles. The van der Waals surface area contributed by atoms with Crippen molar-refractivity contribution in [1.29, 1.82) is 0 Å². The Bertz CT molecular complexity index is 1020. The van der Waals surface area contributed by atoms with Crippen LogP contribution in [0.1, 0.15) is 16.8 Å². The van der Waals surface area contributed by atoms with Crippen molar-refractivity contribution in [2.45, 2.75) is 19.4 Å². The third-order valence-corrected chi connectivity index (χ3v) is 5.72. The number of amides is 1. The molecule has 0 saturated carbocycles. The summed E-state index contributed by atoms with van der Waals surface area (Å²) in [6, 6.07) is 14.1. The van der Waals surface area contributed by atoms with E-state index in [0.717, 1.165) is 47.4 Å². The quantitative estimate of drug-likeness (QED) is 0.761. The van der Waals surface area contributed by atoms with Gasteiger partial charge in [-0.25, -0.2) is 0 Å². The topological polar surface area (TPSA) is 54.6 Å². The van der Waals surface area contributed by atoms with E-state index in [2.05, 4.69) is 17.1 Å². The van der Waals surface area contributed by atoms with Gasteiger partial charge in [-0.1, -0.05) is 18.2 Å². The summed E-state index contributed by atoms with van der Waals surface area (Å²) in [7, 11) is 1.68. The molecule has 3 heterocycles. The van der Waals surface area contributed by atoms with E-state index in [-0.39, 0.29) is 11.8 Å². The van der Waals surface area contributed by atoms with E-state index in [4.69, 9.17) is 9.47 Å². The van der Waals surface area contributed by atoms with Crippen LogP contribution in [-0.4, -0.2) is 36.1 Å². The first-order chi connectivity index (χ1) is 13.2. The van der Waals surface area contributed by atoms with E-state index in [1.165, 1.54) is 11.3 Å². The summed E-state index contributed by atoms with van der Waals surface area (Å²) >= 11 is 0. The lowest BCUT2D eigenvalue weighted by atomic mass is 9.94. The fourth-order valence-corrected chi connectivity index (χ4v) is 4.25. The minimum absolute atomic E-state index is 0.110. The molecule has 1 aromatic heterocycles. The van der Waals surface area contributed by atoms with Crippen molar-refractivity contribution in [1.82, 2.24) is 9.88 Å². The summed E-state index contributed by atoms with van der Waals surface area (Å²) in [6.45, 7) is 1.84. The van der Waals surface area contributed by atoms with E-state index in [0.29, 0.717) is 13.2 Å². The van der Waals surface area contributed by atoms with Crippen LogP contribution in [0, 0.1) is 5.92 Å². The first kappa shape index (κ1) is 16.2. The Labute approximate surface area is 157 Å². The molecular formula is C22H22N2O3. The predicted octanol–water partition coefficient (Wildman–Crippen LogP) is 3.31. The average molecular weight is 362 g/mol. The number of methoxy groups -OCH3 is 1. The third kappa shape index (κ3) is 2.74. The number of hydrogen-bond donors (Lipinski definition) is 1. The Hall–Kier alpha value is -2.95. The largest absolute Gasteiger partial charge is 0.497 e. The van der Waals surface area contributed by atoms with Crippen LogP contribution >= 0.6 is 0 Å². The molecule has 1 amide bonds. The molecule has 1 atom stereocenters. The Balaban J connectivity index is 1.40. The number of H-pyrrole nitrogens is 1. The molecule has 0 fully saturated rings. The highest BCUT2D eigenvalue weighted by Gasteiger charge is 2.32. The summed E-state index contributed by atoms with van der Waals surface area (Å²) in [6.07, 6.45) is 1.60. The van der Waals surface area contributed by atoms with Crippen molar-refractivity contribution < 1.29 is 14.3 Å². The molecule has 0 radical (unpaired) electrons. The molecule has 1 N–H and O–H groups in total. The molecule has 0 spiro atoms. The number of hydrogen-bond acceptors (Lipinski definition) is 3. The maximum atomic E-state index is 13.2. The number of nitrogens with zero attached hydrogens (tertiary/aromatic N) is 1. The molecule has 5 nitrogen and oxygen atoms in total. The number of aromatic nitrogens is 1. The van der Waals surface area contributed by atoms with Crippen molar-refractivity contribution in [2.75, 3.05) is 20.3 Å². The van der Waals surface area contributed by atoms with Crippen LogP contribution in [0.5, 0.6) is 11.5 Å². The van der Waals surface area contributed by atoms with Gasteiger partial charge in [-0.3, -0.25) is 4.79 Å². The number of carbonyl (C=O) groups excluding carboxylic acids is 1. The van der Waals surface area contributed by atoms with Crippen molar-refractivity contribution in [3.05, 3.63) is 59.3 Å². The smallest absolute Gasteiger partial charge is 0.229 e. The highest BCUT2D eigenvalue weighted by Crippen LogP contribution is 2.32. The van der Waals surface area contributed by atoms with Crippen molar-refractivity contribution >= 4 is 16.8 Å². The minimum atomic E-state index is -0.110. The number of benzene rings is 2. The average Bonchev–Trinajstić information content (AvgIpc) is 3.09. The van der Waals surface area contributed by atoms with Crippen LogP contribution in [-0.2, 0) is 24.2 Å². The molecule has 27 heavy (non-hydrogen) atoms. The van der Waals surface area contributed by atoms with Gasteiger partial charge in [-0.2, -0.15) is 0 Å². The van der Waals surface area contributed by atoms with Crippen LogP contribution in [0.15, 0.2) is 42.5 Å². The van der Waals surface area contributed by atoms with Gasteiger partial charge in [0, 0.05) is 41.7 Å². The van der Waals surface area contributed by atoms with Crippen molar-refractivity contribution in [3.63, 3.8) is 0 Å². The maximum absolute atomic E-state index is 13.2. The SMILES string of the molecule is COc1ccc2[nH]c3c(c2c1)CN(C(=O)[C@H]1COc2ccccc2C1)CC3. The second-order valence-electron chi connectivity index (χ2n) is 7.32. The Morgan fingerprint density at radius 2 is 2.15 bits per heavy atom. The first-order valence-corrected chi connectivity index (χ1v) is 9.40. The predicted molar refractivity (Wildman–Crippen MR) is 103 cm³/mol. The first-order valence-electron chi connectivity index (χ1n) is 9.40. The zero-order valence-electron chi connectivity index (χ0n) is 15.3. The number of para-hydroxylation sites is 1. The molecule has 2 aliphatic heterocycles. The Morgan fingerprint density at radius 3 is 3.04 bits per heavy atom. The zero-order valence-corrected chi connectivity index (χ0v) is 15.3. The molecule has 0 unspecified atom stereocenters. The van der Waals surface area contributed by atoms with E-state index >= 15 is 0 Å². The number of fused-ring (bicyclic) bond motifs is 4. The van der Waals surface area contributed by atoms with Gasteiger partial charge in [-0.05, 0) is 36.2 Å². The van der Waals surface area contributed by atoms with E-state index in [9.17, 15) is 4.79 Å². The van der Waals surface area contributed by atoms with Gasteiger partial charge >= 0.3 is 0 Å². The van der Waals surface area contributed by atoms with Gasteiger partial charge in [0.05, 0.1) is 13.0 Å². The molecule has 0 saturated heterocycles. The summed E-state index contributed by atoms with van der Waals surface area (Å²) in [4.78, 5) is 18.6. The maximum Gasteiger partial charge on any atom is 0.229 e. The van der Waals surface area contributed by atoms with Crippen molar-refractivity contribution in [3.8, 4) is 11.5 Å². The van der Waals surface area contributed by atoms with Gasteiger partial charge in [0.1, 0.15) is 18.1 Å². The second-order valence-corrected chi connectivity index (χ2v) is 7.32.